The fourth-order valence-corrected chi connectivity index (χ4v) is 3.04. The number of carboxylic acid groups (broad SMARTS) is 1. The summed E-state index contributed by atoms with van der Waals surface area (Å²) in [6, 6.07) is 3.44. The van der Waals surface area contributed by atoms with Crippen molar-refractivity contribution in [1.29, 1.82) is 0 Å². The van der Waals surface area contributed by atoms with Crippen LogP contribution in [0.15, 0.2) is 33.8 Å². The lowest BCUT2D eigenvalue weighted by atomic mass is 10.5. The smallest absolute Gasteiger partial charge is 0.290 e. The van der Waals surface area contributed by atoms with Crippen molar-refractivity contribution in [1.82, 2.24) is 24.5 Å². The van der Waals surface area contributed by atoms with Crippen molar-refractivity contribution < 1.29 is 22.7 Å². The number of carbonyl (C=O) groups is 1. The van der Waals surface area contributed by atoms with Gasteiger partial charge in [-0.3, -0.25) is 9.48 Å². The molecule has 0 saturated carbocycles. The number of hydrogen-bond donors (Lipinski definition) is 2. The predicted octanol–water partition coefficient (Wildman–Crippen LogP) is 0.444. The van der Waals surface area contributed by atoms with Crippen molar-refractivity contribution in [2.45, 2.75) is 18.4 Å². The van der Waals surface area contributed by atoms with E-state index in [0.29, 0.717) is 16.9 Å². The van der Waals surface area contributed by atoms with Crippen molar-refractivity contribution in [3.63, 3.8) is 0 Å². The minimum Gasteiger partial charge on any atom is -0.483 e. The van der Waals surface area contributed by atoms with Crippen LogP contribution in [0, 0.1) is 6.92 Å². The Bertz CT molecular complexity index is 914. The van der Waals surface area contributed by atoms with E-state index in [-0.39, 0.29) is 23.8 Å². The van der Waals surface area contributed by atoms with Gasteiger partial charge >= 0.3 is 0 Å². The molecule has 11 heteroatoms. The Balaban J connectivity index is 0.000000647. The van der Waals surface area contributed by atoms with E-state index < -0.39 is 10.0 Å². The minimum atomic E-state index is -3.66. The van der Waals surface area contributed by atoms with Crippen LogP contribution in [0.4, 0.5) is 0 Å². The van der Waals surface area contributed by atoms with Gasteiger partial charge in [0, 0.05) is 13.2 Å². The monoisotopic (exact) mass is 353 g/mol. The van der Waals surface area contributed by atoms with Gasteiger partial charge in [0.05, 0.1) is 18.4 Å². The van der Waals surface area contributed by atoms with Crippen LogP contribution in [0.5, 0.6) is 0 Å². The molecule has 0 spiro atoms. The molecule has 0 radical (unpaired) electrons. The predicted molar refractivity (Wildman–Crippen MR) is 82.5 cm³/mol. The zero-order valence-electron chi connectivity index (χ0n) is 12.9. The largest absolute Gasteiger partial charge is 0.483 e. The highest BCUT2D eigenvalue weighted by Crippen LogP contribution is 2.15. The molecule has 10 nitrogen and oxygen atoms in total. The molecule has 0 atom stereocenters. The van der Waals surface area contributed by atoms with Crippen molar-refractivity contribution in [2.75, 3.05) is 0 Å². The first-order valence-corrected chi connectivity index (χ1v) is 8.14. The van der Waals surface area contributed by atoms with Crippen molar-refractivity contribution in [2.24, 2.45) is 7.05 Å². The van der Waals surface area contributed by atoms with E-state index in [2.05, 4.69) is 19.8 Å². The molecule has 0 unspecified atom stereocenters. The van der Waals surface area contributed by atoms with Crippen LogP contribution >= 0.6 is 0 Å². The van der Waals surface area contributed by atoms with Crippen LogP contribution in [0.1, 0.15) is 11.6 Å². The third-order valence-electron chi connectivity index (χ3n) is 3.10. The highest BCUT2D eigenvalue weighted by atomic mass is 32.2. The Labute approximate surface area is 137 Å². The molecule has 0 aliphatic heterocycles. The summed E-state index contributed by atoms with van der Waals surface area (Å²) >= 11 is 0. The Morgan fingerprint density at radius 3 is 2.75 bits per heavy atom. The number of fused-ring (bicyclic) bond motifs is 1. The molecule has 3 rings (SSSR count). The molecule has 24 heavy (non-hydrogen) atoms. The number of rotatable bonds is 4. The average molecular weight is 353 g/mol. The quantitative estimate of drug-likeness (QED) is 0.644. The summed E-state index contributed by atoms with van der Waals surface area (Å²) < 4.78 is 33.8. The third kappa shape index (κ3) is 3.75. The van der Waals surface area contributed by atoms with Crippen molar-refractivity contribution in [3.05, 3.63) is 36.1 Å². The van der Waals surface area contributed by atoms with E-state index >= 15 is 0 Å². The van der Waals surface area contributed by atoms with Crippen LogP contribution in [0.2, 0.25) is 0 Å². The maximum absolute atomic E-state index is 12.2. The molecule has 0 aromatic carbocycles. The molecule has 3 heterocycles. The van der Waals surface area contributed by atoms with Gasteiger partial charge in [0.25, 0.3) is 6.47 Å². The molecule has 3 aromatic heterocycles. The zero-order chi connectivity index (χ0) is 17.7. The van der Waals surface area contributed by atoms with Gasteiger partial charge in [0.2, 0.25) is 15.9 Å². The number of aromatic nitrogens is 4. The zero-order valence-corrected chi connectivity index (χ0v) is 13.7. The van der Waals surface area contributed by atoms with E-state index in [9.17, 15) is 8.42 Å². The minimum absolute atomic E-state index is 0.0486. The first-order valence-electron chi connectivity index (χ1n) is 6.65. The fourth-order valence-electron chi connectivity index (χ4n) is 1.87. The van der Waals surface area contributed by atoms with Crippen LogP contribution < -0.4 is 4.72 Å². The van der Waals surface area contributed by atoms with Crippen molar-refractivity contribution in [3.8, 4) is 0 Å². The highest BCUT2D eigenvalue weighted by Gasteiger charge is 2.20. The van der Waals surface area contributed by atoms with Crippen molar-refractivity contribution >= 4 is 27.7 Å². The second-order valence-electron chi connectivity index (χ2n) is 4.58. The third-order valence-corrected chi connectivity index (χ3v) is 4.61. The molecule has 0 fully saturated rings. The lowest BCUT2D eigenvalue weighted by Crippen LogP contribution is -2.23. The van der Waals surface area contributed by atoms with E-state index in [4.69, 9.17) is 14.3 Å². The standard InChI is InChI=1S/C12H13N5O3S.CH2O2/c1-8-10(6-14-17(8)2)21(18,19)15-7-11-16-12-9(20-11)4-3-5-13-12;2-1-3/h3-6,15H,7H2,1-2H3;1H,(H,2,3). The molecule has 0 bridgehead atoms. The molecular weight excluding hydrogens is 338 g/mol. The van der Waals surface area contributed by atoms with E-state index in [1.54, 1.807) is 32.3 Å². The summed E-state index contributed by atoms with van der Waals surface area (Å²) in [6.45, 7) is 1.39. The SMILES string of the molecule is Cc1c(S(=O)(=O)NCc2nc3ncccc3o2)cnn1C.O=CO. The fraction of sp³-hybridized carbons (Fsp3) is 0.231. The van der Waals surface area contributed by atoms with Crippen LogP contribution in [0.3, 0.4) is 0 Å². The van der Waals surface area contributed by atoms with Gasteiger partial charge in [-0.2, -0.15) is 10.1 Å². The molecule has 0 aliphatic carbocycles. The Hall–Kier alpha value is -2.79. The van der Waals surface area contributed by atoms with Crippen LogP contribution in [-0.4, -0.2) is 39.7 Å². The second kappa shape index (κ2) is 7.19. The maximum Gasteiger partial charge on any atom is 0.290 e. The molecule has 128 valence electrons. The number of hydrogen-bond acceptors (Lipinski definition) is 7. The summed E-state index contributed by atoms with van der Waals surface area (Å²) in [5.41, 5.74) is 1.52. The van der Waals surface area contributed by atoms with Crippen LogP contribution in [0.25, 0.3) is 11.2 Å². The van der Waals surface area contributed by atoms with Gasteiger partial charge in [-0.15, -0.1) is 0 Å². The lowest BCUT2D eigenvalue weighted by Gasteiger charge is -2.03. The Kier molecular flexibility index (Phi) is 5.26. The van der Waals surface area contributed by atoms with E-state index in [0.717, 1.165) is 0 Å². The number of oxazole rings is 1. The highest BCUT2D eigenvalue weighted by molar-refractivity contribution is 7.89. The van der Waals surface area contributed by atoms with Gasteiger partial charge in [0.1, 0.15) is 4.90 Å². The number of nitrogens with zero attached hydrogens (tertiary/aromatic N) is 4. The number of nitrogens with one attached hydrogen (secondary N) is 1. The van der Waals surface area contributed by atoms with E-state index in [1.807, 2.05) is 0 Å². The first-order chi connectivity index (χ1) is 11.4. The number of aryl methyl sites for hydroxylation is 1. The Morgan fingerprint density at radius 1 is 1.46 bits per heavy atom. The average Bonchev–Trinajstić information content (AvgIpc) is 3.10. The first kappa shape index (κ1) is 17.6. The summed E-state index contributed by atoms with van der Waals surface area (Å²) in [6.07, 6.45) is 2.91. The second-order valence-corrected chi connectivity index (χ2v) is 6.32. The van der Waals surface area contributed by atoms with E-state index in [1.165, 1.54) is 10.9 Å². The van der Waals surface area contributed by atoms with Crippen LogP contribution in [-0.2, 0) is 28.4 Å². The Morgan fingerprint density at radius 2 is 2.17 bits per heavy atom. The maximum atomic E-state index is 12.2. The molecule has 0 amide bonds. The van der Waals surface area contributed by atoms with Gasteiger partial charge in [0.15, 0.2) is 11.2 Å². The molecule has 3 aromatic rings. The van der Waals surface area contributed by atoms with Gasteiger partial charge in [-0.05, 0) is 19.1 Å². The lowest BCUT2D eigenvalue weighted by molar-refractivity contribution is -0.122. The summed E-state index contributed by atoms with van der Waals surface area (Å²) in [7, 11) is -1.98. The topological polar surface area (TPSA) is 140 Å². The summed E-state index contributed by atoms with van der Waals surface area (Å²) in [4.78, 5) is 16.6. The van der Waals surface area contributed by atoms with Gasteiger partial charge < -0.3 is 9.52 Å². The van der Waals surface area contributed by atoms with Gasteiger partial charge in [-0.25, -0.2) is 18.1 Å². The molecule has 2 N–H and O–H groups in total. The number of pyridine rings is 1. The summed E-state index contributed by atoms with van der Waals surface area (Å²) in [5.74, 6) is 0.258. The number of sulfonamides is 1. The molecule has 0 aliphatic rings. The molecular formula is C13H15N5O5S. The normalized spacial score (nSPS) is 11.1. The molecule has 0 saturated heterocycles. The van der Waals surface area contributed by atoms with Gasteiger partial charge in [-0.1, -0.05) is 0 Å². The summed E-state index contributed by atoms with van der Waals surface area (Å²) in [5, 5.41) is 10.8.